The molecular formula is C20H21FN2O. The number of hydrogen-bond donors (Lipinski definition) is 0. The summed E-state index contributed by atoms with van der Waals surface area (Å²) in [6, 6.07) is 17.1. The first kappa shape index (κ1) is 15.2. The number of carbonyl (C=O) groups excluding carboxylic acids is 1. The summed E-state index contributed by atoms with van der Waals surface area (Å²) >= 11 is 0. The number of amides is 1. The molecule has 0 spiro atoms. The lowest BCUT2D eigenvalue weighted by Gasteiger charge is -2.36. The Hall–Kier alpha value is -2.36. The number of piperazine rings is 1. The Bertz CT molecular complexity index is 725. The summed E-state index contributed by atoms with van der Waals surface area (Å²) < 4.78 is 13.9. The molecule has 1 saturated carbocycles. The van der Waals surface area contributed by atoms with Crippen molar-refractivity contribution in [2.75, 3.05) is 31.1 Å². The van der Waals surface area contributed by atoms with Gasteiger partial charge in [-0.25, -0.2) is 4.39 Å². The molecule has 2 aromatic rings. The van der Waals surface area contributed by atoms with E-state index in [4.69, 9.17) is 0 Å². The van der Waals surface area contributed by atoms with Crippen molar-refractivity contribution >= 4 is 11.6 Å². The van der Waals surface area contributed by atoms with E-state index in [1.165, 1.54) is 11.6 Å². The predicted molar refractivity (Wildman–Crippen MR) is 92.5 cm³/mol. The highest BCUT2D eigenvalue weighted by Gasteiger charge is 2.46. The van der Waals surface area contributed by atoms with Crippen LogP contribution in [-0.4, -0.2) is 37.0 Å². The fraction of sp³-hybridized carbons (Fsp3) is 0.350. The van der Waals surface area contributed by atoms with Gasteiger partial charge in [0.1, 0.15) is 5.82 Å². The SMILES string of the molecule is O=C([C@@H]1C[C@H]1c1ccccc1)N1CCN(c2ccccc2F)CC1. The molecule has 1 amide bonds. The fourth-order valence-electron chi connectivity index (χ4n) is 3.65. The molecule has 2 aromatic carbocycles. The van der Waals surface area contributed by atoms with Crippen LogP contribution >= 0.6 is 0 Å². The number of para-hydroxylation sites is 1. The molecule has 2 fully saturated rings. The van der Waals surface area contributed by atoms with Gasteiger partial charge in [-0.1, -0.05) is 42.5 Å². The molecule has 1 aliphatic carbocycles. The number of anilines is 1. The van der Waals surface area contributed by atoms with Crippen molar-refractivity contribution in [1.82, 2.24) is 4.90 Å². The third kappa shape index (κ3) is 2.88. The first-order chi connectivity index (χ1) is 11.7. The molecule has 1 saturated heterocycles. The third-order valence-electron chi connectivity index (χ3n) is 5.12. The largest absolute Gasteiger partial charge is 0.366 e. The van der Waals surface area contributed by atoms with Gasteiger partial charge in [0, 0.05) is 32.1 Å². The zero-order chi connectivity index (χ0) is 16.5. The number of rotatable bonds is 3. The van der Waals surface area contributed by atoms with Gasteiger partial charge in [-0.05, 0) is 30.0 Å². The minimum absolute atomic E-state index is 0.132. The van der Waals surface area contributed by atoms with E-state index in [0.29, 0.717) is 37.8 Å². The maximum Gasteiger partial charge on any atom is 0.226 e. The average Bonchev–Trinajstić information content (AvgIpc) is 3.43. The highest BCUT2D eigenvalue weighted by atomic mass is 19.1. The summed E-state index contributed by atoms with van der Waals surface area (Å²) in [5.41, 5.74) is 1.90. The van der Waals surface area contributed by atoms with Crippen LogP contribution in [-0.2, 0) is 4.79 Å². The standard InChI is InChI=1S/C20H21FN2O/c21-18-8-4-5-9-19(18)22-10-12-23(13-11-22)20(24)17-14-16(17)15-6-2-1-3-7-15/h1-9,16-17H,10-14H2/t16-,17+/m0/s1. The van der Waals surface area contributed by atoms with Crippen LogP contribution in [0.1, 0.15) is 17.9 Å². The van der Waals surface area contributed by atoms with E-state index < -0.39 is 0 Å². The van der Waals surface area contributed by atoms with Gasteiger partial charge in [-0.3, -0.25) is 4.79 Å². The highest BCUT2D eigenvalue weighted by molar-refractivity contribution is 5.83. The second-order valence-electron chi connectivity index (χ2n) is 6.62. The minimum atomic E-state index is -0.191. The van der Waals surface area contributed by atoms with E-state index in [1.54, 1.807) is 12.1 Å². The molecule has 1 heterocycles. The van der Waals surface area contributed by atoms with Gasteiger partial charge in [0.25, 0.3) is 0 Å². The molecule has 0 N–H and O–H groups in total. The zero-order valence-corrected chi connectivity index (χ0v) is 13.6. The lowest BCUT2D eigenvalue weighted by molar-refractivity contribution is -0.132. The molecule has 0 radical (unpaired) electrons. The topological polar surface area (TPSA) is 23.6 Å². The summed E-state index contributed by atoms with van der Waals surface area (Å²) in [5, 5.41) is 0. The molecule has 1 aliphatic heterocycles. The van der Waals surface area contributed by atoms with Crippen LogP contribution in [0, 0.1) is 11.7 Å². The van der Waals surface area contributed by atoms with Crippen molar-refractivity contribution in [1.29, 1.82) is 0 Å². The second kappa shape index (κ2) is 6.27. The summed E-state index contributed by atoms with van der Waals surface area (Å²) in [5.74, 6) is 0.580. The fourth-order valence-corrected chi connectivity index (χ4v) is 3.65. The lowest BCUT2D eigenvalue weighted by Crippen LogP contribution is -2.49. The Morgan fingerprint density at radius 3 is 2.29 bits per heavy atom. The number of halogens is 1. The molecule has 4 rings (SSSR count). The minimum Gasteiger partial charge on any atom is -0.366 e. The van der Waals surface area contributed by atoms with Gasteiger partial charge < -0.3 is 9.80 Å². The van der Waals surface area contributed by atoms with Crippen molar-refractivity contribution in [2.45, 2.75) is 12.3 Å². The van der Waals surface area contributed by atoms with Gasteiger partial charge in [0.15, 0.2) is 0 Å². The molecule has 0 bridgehead atoms. The number of hydrogen-bond acceptors (Lipinski definition) is 2. The van der Waals surface area contributed by atoms with Crippen molar-refractivity contribution < 1.29 is 9.18 Å². The van der Waals surface area contributed by atoms with E-state index >= 15 is 0 Å². The van der Waals surface area contributed by atoms with Crippen LogP contribution in [0.15, 0.2) is 54.6 Å². The smallest absolute Gasteiger partial charge is 0.226 e. The number of carbonyl (C=O) groups is 1. The summed E-state index contributed by atoms with van der Waals surface area (Å²) in [6.07, 6.45) is 0.955. The van der Waals surface area contributed by atoms with Gasteiger partial charge in [-0.2, -0.15) is 0 Å². The van der Waals surface area contributed by atoms with E-state index in [9.17, 15) is 9.18 Å². The van der Waals surface area contributed by atoms with Crippen LogP contribution in [0.3, 0.4) is 0 Å². The Morgan fingerprint density at radius 2 is 1.58 bits per heavy atom. The van der Waals surface area contributed by atoms with E-state index in [0.717, 1.165) is 6.42 Å². The third-order valence-corrected chi connectivity index (χ3v) is 5.12. The number of nitrogens with zero attached hydrogens (tertiary/aromatic N) is 2. The normalized spacial score (nSPS) is 23.2. The summed E-state index contributed by atoms with van der Waals surface area (Å²) in [4.78, 5) is 16.7. The molecule has 124 valence electrons. The van der Waals surface area contributed by atoms with Gasteiger partial charge in [0.05, 0.1) is 5.69 Å². The molecule has 3 nitrogen and oxygen atoms in total. The van der Waals surface area contributed by atoms with Crippen molar-refractivity contribution in [2.24, 2.45) is 5.92 Å². The molecule has 4 heteroatoms. The first-order valence-electron chi connectivity index (χ1n) is 8.57. The summed E-state index contributed by atoms with van der Waals surface area (Å²) in [7, 11) is 0. The van der Waals surface area contributed by atoms with Crippen LogP contribution in [0.4, 0.5) is 10.1 Å². The maximum atomic E-state index is 13.9. The molecule has 24 heavy (non-hydrogen) atoms. The van der Waals surface area contributed by atoms with Crippen LogP contribution in [0.25, 0.3) is 0 Å². The quantitative estimate of drug-likeness (QED) is 0.865. The maximum absolute atomic E-state index is 13.9. The first-order valence-corrected chi connectivity index (χ1v) is 8.57. The van der Waals surface area contributed by atoms with Gasteiger partial charge in [-0.15, -0.1) is 0 Å². The molecule has 2 atom stereocenters. The average molecular weight is 324 g/mol. The predicted octanol–water partition coefficient (Wildman–Crippen LogP) is 3.28. The molecular weight excluding hydrogens is 303 g/mol. The molecule has 0 aromatic heterocycles. The van der Waals surface area contributed by atoms with Crippen molar-refractivity contribution in [3.8, 4) is 0 Å². The van der Waals surface area contributed by atoms with E-state index in [2.05, 4.69) is 12.1 Å². The van der Waals surface area contributed by atoms with Gasteiger partial charge >= 0.3 is 0 Å². The van der Waals surface area contributed by atoms with Crippen LogP contribution in [0.2, 0.25) is 0 Å². The lowest BCUT2D eigenvalue weighted by atomic mass is 10.1. The molecule has 2 aliphatic rings. The Labute approximate surface area is 141 Å². The van der Waals surface area contributed by atoms with Crippen LogP contribution < -0.4 is 4.90 Å². The molecule has 0 unspecified atom stereocenters. The van der Waals surface area contributed by atoms with Crippen LogP contribution in [0.5, 0.6) is 0 Å². The second-order valence-corrected chi connectivity index (χ2v) is 6.62. The van der Waals surface area contributed by atoms with Crippen molar-refractivity contribution in [3.63, 3.8) is 0 Å². The Morgan fingerprint density at radius 1 is 0.917 bits per heavy atom. The van der Waals surface area contributed by atoms with E-state index in [-0.39, 0.29) is 17.6 Å². The van der Waals surface area contributed by atoms with Gasteiger partial charge in [0.2, 0.25) is 5.91 Å². The summed E-state index contributed by atoms with van der Waals surface area (Å²) in [6.45, 7) is 2.72. The van der Waals surface area contributed by atoms with Crippen molar-refractivity contribution in [3.05, 3.63) is 66.0 Å². The monoisotopic (exact) mass is 324 g/mol. The highest BCUT2D eigenvalue weighted by Crippen LogP contribution is 2.48. The van der Waals surface area contributed by atoms with E-state index in [1.807, 2.05) is 34.1 Å². The number of benzene rings is 2. The Balaban J connectivity index is 1.35. The Kier molecular flexibility index (Phi) is 3.97. The zero-order valence-electron chi connectivity index (χ0n) is 13.6.